The molecule has 0 aromatic heterocycles. The van der Waals surface area contributed by atoms with Gasteiger partial charge < -0.3 is 10.4 Å². The highest BCUT2D eigenvalue weighted by molar-refractivity contribution is 9.10. The van der Waals surface area contributed by atoms with Crippen LogP contribution in [-0.2, 0) is 11.3 Å². The standard InChI is InChI=1S/C14H20BrNO2/c1-9(2)6-13(14(17)18)16-8-11-4-5-12(15)7-10(11)3/h4-5,7,9,13,16H,6,8H2,1-3H3,(H,17,18). The van der Waals surface area contributed by atoms with Crippen molar-refractivity contribution >= 4 is 21.9 Å². The maximum Gasteiger partial charge on any atom is 0.320 e. The number of halogens is 1. The smallest absolute Gasteiger partial charge is 0.320 e. The van der Waals surface area contributed by atoms with E-state index in [1.165, 1.54) is 0 Å². The molecule has 0 fully saturated rings. The Hall–Kier alpha value is -0.870. The monoisotopic (exact) mass is 313 g/mol. The van der Waals surface area contributed by atoms with E-state index in [0.717, 1.165) is 15.6 Å². The summed E-state index contributed by atoms with van der Waals surface area (Å²) in [4.78, 5) is 11.1. The maximum absolute atomic E-state index is 11.1. The van der Waals surface area contributed by atoms with Crippen LogP contribution in [0.2, 0.25) is 0 Å². The van der Waals surface area contributed by atoms with Crippen LogP contribution < -0.4 is 5.32 Å². The average molecular weight is 314 g/mol. The van der Waals surface area contributed by atoms with Gasteiger partial charge in [0.2, 0.25) is 0 Å². The quantitative estimate of drug-likeness (QED) is 0.846. The number of aryl methyl sites for hydroxylation is 1. The van der Waals surface area contributed by atoms with Crippen LogP contribution in [0.25, 0.3) is 0 Å². The number of hydrogen-bond donors (Lipinski definition) is 2. The minimum Gasteiger partial charge on any atom is -0.480 e. The van der Waals surface area contributed by atoms with Gasteiger partial charge in [-0.05, 0) is 42.5 Å². The summed E-state index contributed by atoms with van der Waals surface area (Å²) in [7, 11) is 0. The molecule has 1 aromatic rings. The van der Waals surface area contributed by atoms with E-state index in [1.54, 1.807) is 0 Å². The second-order valence-corrected chi connectivity index (χ2v) is 5.89. The molecule has 0 aliphatic rings. The molecule has 4 heteroatoms. The van der Waals surface area contributed by atoms with E-state index < -0.39 is 12.0 Å². The van der Waals surface area contributed by atoms with Crippen molar-refractivity contribution in [2.45, 2.75) is 39.8 Å². The molecule has 1 aromatic carbocycles. The summed E-state index contributed by atoms with van der Waals surface area (Å²) in [6.45, 7) is 6.67. The van der Waals surface area contributed by atoms with Gasteiger partial charge in [0, 0.05) is 11.0 Å². The van der Waals surface area contributed by atoms with Gasteiger partial charge in [0.25, 0.3) is 0 Å². The lowest BCUT2D eigenvalue weighted by molar-refractivity contribution is -0.140. The molecule has 3 nitrogen and oxygen atoms in total. The van der Waals surface area contributed by atoms with E-state index in [4.69, 9.17) is 5.11 Å². The first-order valence-electron chi connectivity index (χ1n) is 6.11. The fourth-order valence-corrected chi connectivity index (χ4v) is 2.31. The van der Waals surface area contributed by atoms with Crippen LogP contribution in [0.5, 0.6) is 0 Å². The van der Waals surface area contributed by atoms with Crippen LogP contribution in [0.15, 0.2) is 22.7 Å². The van der Waals surface area contributed by atoms with E-state index in [-0.39, 0.29) is 0 Å². The lowest BCUT2D eigenvalue weighted by Gasteiger charge is -2.17. The van der Waals surface area contributed by atoms with Gasteiger partial charge in [-0.3, -0.25) is 4.79 Å². The summed E-state index contributed by atoms with van der Waals surface area (Å²) < 4.78 is 1.04. The van der Waals surface area contributed by atoms with E-state index in [2.05, 4.69) is 21.2 Å². The number of hydrogen-bond acceptors (Lipinski definition) is 2. The molecule has 0 amide bonds. The fourth-order valence-electron chi connectivity index (χ4n) is 1.83. The summed E-state index contributed by atoms with van der Waals surface area (Å²) in [5.74, 6) is -0.414. The molecule has 1 unspecified atom stereocenters. The number of rotatable bonds is 6. The minimum atomic E-state index is -0.779. The van der Waals surface area contributed by atoms with E-state index in [9.17, 15) is 4.79 Å². The molecule has 0 bridgehead atoms. The van der Waals surface area contributed by atoms with Crippen LogP contribution in [0.3, 0.4) is 0 Å². The number of carbonyl (C=O) groups is 1. The molecule has 1 atom stereocenters. The number of aliphatic carboxylic acids is 1. The van der Waals surface area contributed by atoms with Crippen molar-refractivity contribution < 1.29 is 9.90 Å². The molecular weight excluding hydrogens is 294 g/mol. The third kappa shape index (κ3) is 4.78. The first-order valence-corrected chi connectivity index (χ1v) is 6.90. The van der Waals surface area contributed by atoms with Crippen molar-refractivity contribution in [1.29, 1.82) is 0 Å². The SMILES string of the molecule is Cc1cc(Br)ccc1CNC(CC(C)C)C(=O)O. The molecule has 0 aliphatic carbocycles. The fraction of sp³-hybridized carbons (Fsp3) is 0.500. The Balaban J connectivity index is 2.64. The minimum absolute atomic E-state index is 0.365. The molecule has 2 N–H and O–H groups in total. The molecule has 0 saturated heterocycles. The first-order chi connectivity index (χ1) is 8.40. The molecule has 100 valence electrons. The Morgan fingerprint density at radius 3 is 2.61 bits per heavy atom. The summed E-state index contributed by atoms with van der Waals surface area (Å²) in [6, 6.07) is 5.55. The second-order valence-electron chi connectivity index (χ2n) is 4.97. The highest BCUT2D eigenvalue weighted by Gasteiger charge is 2.18. The molecular formula is C14H20BrNO2. The van der Waals surface area contributed by atoms with Gasteiger partial charge in [-0.25, -0.2) is 0 Å². The number of benzene rings is 1. The predicted octanol–water partition coefficient (Wildman–Crippen LogP) is 3.35. The van der Waals surface area contributed by atoms with E-state index in [0.29, 0.717) is 18.9 Å². The Morgan fingerprint density at radius 2 is 2.11 bits per heavy atom. The molecule has 0 saturated carbocycles. The Morgan fingerprint density at radius 1 is 1.44 bits per heavy atom. The molecule has 0 aliphatic heterocycles. The summed E-state index contributed by atoms with van der Waals surface area (Å²) in [5, 5.41) is 12.3. The summed E-state index contributed by atoms with van der Waals surface area (Å²) in [6.07, 6.45) is 0.644. The molecule has 0 heterocycles. The maximum atomic E-state index is 11.1. The van der Waals surface area contributed by atoms with Gasteiger partial charge in [-0.2, -0.15) is 0 Å². The second kappa shape index (κ2) is 6.90. The highest BCUT2D eigenvalue weighted by Crippen LogP contribution is 2.16. The zero-order valence-corrected chi connectivity index (χ0v) is 12.6. The third-order valence-corrected chi connectivity index (χ3v) is 3.34. The van der Waals surface area contributed by atoms with Gasteiger partial charge in [0.15, 0.2) is 0 Å². The Kier molecular flexibility index (Phi) is 5.82. The lowest BCUT2D eigenvalue weighted by atomic mass is 10.0. The van der Waals surface area contributed by atoms with E-state index in [1.807, 2.05) is 39.0 Å². The van der Waals surface area contributed by atoms with Crippen molar-refractivity contribution in [1.82, 2.24) is 5.32 Å². The topological polar surface area (TPSA) is 49.3 Å². The van der Waals surface area contributed by atoms with Crippen LogP contribution >= 0.6 is 15.9 Å². The number of nitrogens with one attached hydrogen (secondary N) is 1. The van der Waals surface area contributed by atoms with Crippen LogP contribution in [0, 0.1) is 12.8 Å². The van der Waals surface area contributed by atoms with Crippen molar-refractivity contribution in [2.24, 2.45) is 5.92 Å². The molecule has 1 rings (SSSR count). The molecule has 18 heavy (non-hydrogen) atoms. The van der Waals surface area contributed by atoms with Gasteiger partial charge in [-0.15, -0.1) is 0 Å². The third-order valence-electron chi connectivity index (χ3n) is 2.85. The lowest BCUT2D eigenvalue weighted by Crippen LogP contribution is -2.37. The predicted molar refractivity (Wildman–Crippen MR) is 76.6 cm³/mol. The highest BCUT2D eigenvalue weighted by atomic mass is 79.9. The average Bonchev–Trinajstić information content (AvgIpc) is 2.25. The van der Waals surface area contributed by atoms with Crippen molar-refractivity contribution in [3.8, 4) is 0 Å². The number of carboxylic acids is 1. The Bertz CT molecular complexity index is 418. The first kappa shape index (κ1) is 15.2. The Labute approximate surface area is 117 Å². The summed E-state index contributed by atoms with van der Waals surface area (Å²) in [5.41, 5.74) is 2.29. The zero-order chi connectivity index (χ0) is 13.7. The van der Waals surface area contributed by atoms with Crippen molar-refractivity contribution in [3.05, 3.63) is 33.8 Å². The van der Waals surface area contributed by atoms with Crippen LogP contribution in [0.4, 0.5) is 0 Å². The van der Waals surface area contributed by atoms with Crippen molar-refractivity contribution in [2.75, 3.05) is 0 Å². The summed E-state index contributed by atoms with van der Waals surface area (Å²) >= 11 is 3.42. The van der Waals surface area contributed by atoms with Gasteiger partial charge in [0.1, 0.15) is 6.04 Å². The van der Waals surface area contributed by atoms with E-state index >= 15 is 0 Å². The van der Waals surface area contributed by atoms with Gasteiger partial charge in [-0.1, -0.05) is 35.8 Å². The van der Waals surface area contributed by atoms with Gasteiger partial charge in [0.05, 0.1) is 0 Å². The molecule has 0 spiro atoms. The van der Waals surface area contributed by atoms with Crippen LogP contribution in [0.1, 0.15) is 31.4 Å². The molecule has 0 radical (unpaired) electrons. The van der Waals surface area contributed by atoms with Gasteiger partial charge >= 0.3 is 5.97 Å². The normalized spacial score (nSPS) is 12.7. The number of carboxylic acid groups (broad SMARTS) is 1. The van der Waals surface area contributed by atoms with Crippen molar-refractivity contribution in [3.63, 3.8) is 0 Å². The van der Waals surface area contributed by atoms with Crippen LogP contribution in [-0.4, -0.2) is 17.1 Å². The zero-order valence-electron chi connectivity index (χ0n) is 11.0. The largest absolute Gasteiger partial charge is 0.480 e.